The second-order valence-electron chi connectivity index (χ2n) is 11.9. The van der Waals surface area contributed by atoms with E-state index in [-0.39, 0.29) is 11.1 Å². The number of nitriles is 1. The number of nitrogens with zero attached hydrogens (tertiary/aromatic N) is 3. The number of thiophene rings is 1. The molecule has 0 unspecified atom stereocenters. The molecule has 0 aromatic carbocycles. The lowest BCUT2D eigenvalue weighted by Gasteiger charge is -2.39. The van der Waals surface area contributed by atoms with Gasteiger partial charge in [0.2, 0.25) is 0 Å². The molecule has 2 aliphatic heterocycles. The number of fused-ring (bicyclic) bond motifs is 3. The lowest BCUT2D eigenvalue weighted by molar-refractivity contribution is -0.789. The van der Waals surface area contributed by atoms with Gasteiger partial charge in [-0.1, -0.05) is 20.8 Å². The van der Waals surface area contributed by atoms with Crippen LogP contribution in [0.1, 0.15) is 83.7 Å². The quantitative estimate of drug-likeness (QED) is 0.595. The van der Waals surface area contributed by atoms with Crippen molar-refractivity contribution in [2.24, 2.45) is 15.8 Å². The van der Waals surface area contributed by atoms with E-state index in [2.05, 4.69) is 71.1 Å². The molecule has 1 saturated heterocycles. The number of hydrogen-bond acceptors (Lipinski definition) is 3. The topological polar surface area (TPSA) is 56.0 Å². The van der Waals surface area contributed by atoms with Crippen molar-refractivity contribution in [3.8, 4) is 6.07 Å². The van der Waals surface area contributed by atoms with Gasteiger partial charge in [0.25, 0.3) is 0 Å². The number of hydrogen-bond donors (Lipinski definition) is 1. The third-order valence-electron chi connectivity index (χ3n) is 6.85. The van der Waals surface area contributed by atoms with Gasteiger partial charge in [-0.05, 0) is 63.4 Å². The fraction of sp³-hybridized carbons (Fsp3) is 0.739. The van der Waals surface area contributed by atoms with E-state index in [4.69, 9.17) is 4.99 Å². The molecule has 1 aliphatic carbocycles. The van der Waals surface area contributed by atoms with Crippen LogP contribution in [0.25, 0.3) is 0 Å². The summed E-state index contributed by atoms with van der Waals surface area (Å²) >= 11 is 1.72. The van der Waals surface area contributed by atoms with Crippen molar-refractivity contribution in [1.29, 1.82) is 5.26 Å². The highest BCUT2D eigenvalue weighted by molar-refractivity contribution is 7.16. The lowest BCUT2D eigenvalue weighted by Crippen LogP contribution is -3.03. The number of quaternary nitrogens is 1. The van der Waals surface area contributed by atoms with E-state index in [0.29, 0.717) is 16.9 Å². The normalized spacial score (nSPS) is 32.4. The average Bonchev–Trinajstić information content (AvgIpc) is 2.96. The maximum Gasteiger partial charge on any atom is 0.136 e. The van der Waals surface area contributed by atoms with E-state index in [0.717, 1.165) is 23.5 Å². The Morgan fingerprint density at radius 3 is 2.57 bits per heavy atom. The Kier molecular flexibility index (Phi) is 4.31. The van der Waals surface area contributed by atoms with Gasteiger partial charge in [0.05, 0.1) is 22.3 Å². The molecule has 1 aromatic rings. The zero-order chi connectivity index (χ0) is 20.5. The summed E-state index contributed by atoms with van der Waals surface area (Å²) in [5, 5.41) is 13.3. The Hall–Kier alpha value is -1.38. The Balaban J connectivity index is 1.65. The second kappa shape index (κ2) is 6.06. The fourth-order valence-corrected chi connectivity index (χ4v) is 7.84. The van der Waals surface area contributed by atoms with Crippen LogP contribution in [0, 0.1) is 22.2 Å². The minimum Gasteiger partial charge on any atom is -0.359 e. The van der Waals surface area contributed by atoms with Gasteiger partial charge in [-0.15, -0.1) is 11.3 Å². The third kappa shape index (κ3) is 3.39. The predicted molar refractivity (Wildman–Crippen MR) is 116 cm³/mol. The minimum atomic E-state index is -0.0111. The molecule has 3 heterocycles. The SMILES string of the molecule is CC1(C)C[C@H]2C[C@](C)(CN2C=Nc2sc3c(c2C#N)CC(C)(C)[NH2+]C3(C)C)C1. The van der Waals surface area contributed by atoms with E-state index in [1.807, 2.05) is 0 Å². The van der Waals surface area contributed by atoms with E-state index in [1.54, 1.807) is 11.3 Å². The maximum absolute atomic E-state index is 9.91. The summed E-state index contributed by atoms with van der Waals surface area (Å²) in [5.41, 5.74) is 2.93. The summed E-state index contributed by atoms with van der Waals surface area (Å²) in [6.07, 6.45) is 6.77. The van der Waals surface area contributed by atoms with E-state index in [9.17, 15) is 5.26 Å². The molecule has 0 spiro atoms. The van der Waals surface area contributed by atoms with Crippen molar-refractivity contribution >= 4 is 22.7 Å². The van der Waals surface area contributed by atoms with Gasteiger partial charge in [0, 0.05) is 19.0 Å². The van der Waals surface area contributed by atoms with Crippen molar-refractivity contribution in [2.45, 2.75) is 91.3 Å². The van der Waals surface area contributed by atoms with Crippen molar-refractivity contribution in [2.75, 3.05) is 6.54 Å². The Morgan fingerprint density at radius 1 is 1.18 bits per heavy atom. The molecule has 152 valence electrons. The van der Waals surface area contributed by atoms with Gasteiger partial charge in [0.15, 0.2) is 0 Å². The van der Waals surface area contributed by atoms with Gasteiger partial charge in [-0.2, -0.15) is 5.26 Å². The smallest absolute Gasteiger partial charge is 0.136 e. The molecule has 3 aliphatic rings. The first-order valence-electron chi connectivity index (χ1n) is 10.6. The molecular formula is C23H35N4S+. The Morgan fingerprint density at radius 2 is 1.89 bits per heavy atom. The second-order valence-corrected chi connectivity index (χ2v) is 12.9. The first-order chi connectivity index (χ1) is 12.8. The number of nitrogens with two attached hydrogens (primary N) is 1. The van der Waals surface area contributed by atoms with Crippen molar-refractivity contribution < 1.29 is 5.32 Å². The number of rotatable bonds is 2. The van der Waals surface area contributed by atoms with Gasteiger partial charge in [-0.3, -0.25) is 0 Å². The summed E-state index contributed by atoms with van der Waals surface area (Å²) in [5.74, 6) is 0. The van der Waals surface area contributed by atoms with Crippen LogP contribution >= 0.6 is 11.3 Å². The molecule has 0 amide bonds. The average molecular weight is 400 g/mol. The van der Waals surface area contributed by atoms with Crippen molar-refractivity contribution in [1.82, 2.24) is 4.90 Å². The van der Waals surface area contributed by atoms with Crippen LogP contribution in [0.2, 0.25) is 0 Å². The highest BCUT2D eigenvalue weighted by Gasteiger charge is 2.49. The lowest BCUT2D eigenvalue weighted by atomic mass is 9.65. The van der Waals surface area contributed by atoms with Crippen LogP contribution < -0.4 is 5.32 Å². The molecule has 2 N–H and O–H groups in total. The highest BCUT2D eigenvalue weighted by Crippen LogP contribution is 2.52. The Bertz CT molecular complexity index is 870. The molecule has 28 heavy (non-hydrogen) atoms. The van der Waals surface area contributed by atoms with Crippen LogP contribution in [0.5, 0.6) is 0 Å². The molecule has 2 atom stereocenters. The number of likely N-dealkylation sites (tertiary alicyclic amines) is 1. The van der Waals surface area contributed by atoms with Crippen LogP contribution in [0.3, 0.4) is 0 Å². The molecule has 1 aromatic heterocycles. The maximum atomic E-state index is 9.91. The molecule has 2 fully saturated rings. The monoisotopic (exact) mass is 399 g/mol. The van der Waals surface area contributed by atoms with Crippen LogP contribution in [0.15, 0.2) is 4.99 Å². The van der Waals surface area contributed by atoms with Crippen LogP contribution in [-0.2, 0) is 12.0 Å². The molecular weight excluding hydrogens is 364 g/mol. The summed E-state index contributed by atoms with van der Waals surface area (Å²) in [6, 6.07) is 3.07. The molecule has 1 saturated carbocycles. The highest BCUT2D eigenvalue weighted by atomic mass is 32.1. The first-order valence-corrected chi connectivity index (χ1v) is 11.4. The third-order valence-corrected chi connectivity index (χ3v) is 8.33. The molecule has 2 bridgehead atoms. The van der Waals surface area contributed by atoms with Gasteiger partial charge < -0.3 is 10.2 Å². The zero-order valence-electron chi connectivity index (χ0n) is 18.5. The first kappa shape index (κ1) is 19.9. The summed E-state index contributed by atoms with van der Waals surface area (Å²) < 4.78 is 0. The summed E-state index contributed by atoms with van der Waals surface area (Å²) in [4.78, 5) is 8.68. The molecule has 4 nitrogen and oxygen atoms in total. The predicted octanol–water partition coefficient (Wildman–Crippen LogP) is 4.31. The molecule has 0 radical (unpaired) electrons. The van der Waals surface area contributed by atoms with Gasteiger partial charge in [0.1, 0.15) is 16.6 Å². The fourth-order valence-electron chi connectivity index (χ4n) is 6.66. The minimum absolute atomic E-state index is 0.0111. The van der Waals surface area contributed by atoms with Crippen LogP contribution in [0.4, 0.5) is 5.00 Å². The van der Waals surface area contributed by atoms with Gasteiger partial charge in [-0.25, -0.2) is 4.99 Å². The van der Waals surface area contributed by atoms with E-state index in [1.165, 1.54) is 29.7 Å². The van der Waals surface area contributed by atoms with Crippen LogP contribution in [-0.4, -0.2) is 29.4 Å². The summed E-state index contributed by atoms with van der Waals surface area (Å²) in [7, 11) is 0. The van der Waals surface area contributed by atoms with E-state index < -0.39 is 0 Å². The van der Waals surface area contributed by atoms with Crippen molar-refractivity contribution in [3.63, 3.8) is 0 Å². The standard InChI is InChI=1S/C23H34N4S/c1-20(2)8-15-9-23(7,12-20)13-27(15)14-25-19-17(11-24)16-10-21(3,4)26-22(5,6)18(16)28-19/h14-15,26H,8-10,12-13H2,1-7H3/p+1/t15-,23-/m0/s1. The Labute approximate surface area is 174 Å². The largest absolute Gasteiger partial charge is 0.359 e. The zero-order valence-corrected chi connectivity index (χ0v) is 19.3. The summed E-state index contributed by atoms with van der Waals surface area (Å²) in [6.45, 7) is 17.4. The van der Waals surface area contributed by atoms with E-state index >= 15 is 0 Å². The number of aliphatic imine (C=N–C) groups is 1. The molecule has 4 rings (SSSR count). The molecule has 5 heteroatoms. The van der Waals surface area contributed by atoms with Crippen molar-refractivity contribution in [3.05, 3.63) is 16.0 Å². The van der Waals surface area contributed by atoms with Gasteiger partial charge >= 0.3 is 0 Å².